The molecule has 0 aliphatic heterocycles. The number of nitrogens with zero attached hydrogens (tertiary/aromatic N) is 4. The van der Waals surface area contributed by atoms with Crippen LogP contribution in [0.5, 0.6) is 0 Å². The molecule has 0 aliphatic rings. The third kappa shape index (κ3) is 5.68. The molecular weight excluding hydrogens is 401 g/mol. The fourth-order valence-electron chi connectivity index (χ4n) is 2.71. The number of aryl methyl sites for hydroxylation is 2. The Morgan fingerprint density at radius 3 is 2.55 bits per heavy atom. The maximum atomic E-state index is 13.6. The fourth-order valence-corrected chi connectivity index (χ4v) is 2.71. The van der Waals surface area contributed by atoms with Crippen molar-refractivity contribution < 1.29 is 14.0 Å². The maximum Gasteiger partial charge on any atom is 0.229 e. The van der Waals surface area contributed by atoms with Gasteiger partial charge >= 0.3 is 0 Å². The highest BCUT2D eigenvalue weighted by Gasteiger charge is 2.23. The second-order valence-electron chi connectivity index (χ2n) is 8.15. The van der Waals surface area contributed by atoms with Crippen molar-refractivity contribution in [1.82, 2.24) is 25.4 Å². The van der Waals surface area contributed by atoms with Crippen molar-refractivity contribution in [2.24, 2.45) is 5.41 Å². The molecule has 0 bridgehead atoms. The minimum absolute atomic E-state index is 0.0784. The summed E-state index contributed by atoms with van der Waals surface area (Å²) in [6, 6.07) is 2.90. The summed E-state index contributed by atoms with van der Waals surface area (Å²) in [7, 11) is 0. The zero-order valence-corrected chi connectivity index (χ0v) is 17.8. The quantitative estimate of drug-likeness (QED) is 0.557. The van der Waals surface area contributed by atoms with Gasteiger partial charge in [-0.15, -0.1) is 0 Å². The number of aromatic nitrogens is 5. The zero-order valence-electron chi connectivity index (χ0n) is 17.8. The monoisotopic (exact) mass is 425 g/mol. The van der Waals surface area contributed by atoms with Gasteiger partial charge < -0.3 is 10.6 Å². The van der Waals surface area contributed by atoms with E-state index in [4.69, 9.17) is 0 Å². The van der Waals surface area contributed by atoms with Crippen molar-refractivity contribution in [3.05, 3.63) is 47.8 Å². The molecule has 2 amide bonds. The van der Waals surface area contributed by atoms with E-state index >= 15 is 0 Å². The molecule has 0 saturated carbocycles. The fraction of sp³-hybridized carbons (Fsp3) is 0.333. The van der Waals surface area contributed by atoms with Gasteiger partial charge in [0, 0.05) is 36.0 Å². The van der Waals surface area contributed by atoms with Gasteiger partial charge in [0.25, 0.3) is 0 Å². The molecule has 0 saturated heterocycles. The number of aromatic amines is 1. The summed E-state index contributed by atoms with van der Waals surface area (Å²) in [5.74, 6) is -0.760. The van der Waals surface area contributed by atoms with E-state index in [9.17, 15) is 14.0 Å². The van der Waals surface area contributed by atoms with Crippen molar-refractivity contribution in [1.29, 1.82) is 0 Å². The highest BCUT2D eigenvalue weighted by Crippen LogP contribution is 2.23. The van der Waals surface area contributed by atoms with Crippen LogP contribution >= 0.6 is 0 Å². The predicted octanol–water partition coefficient (Wildman–Crippen LogP) is 3.27. The van der Waals surface area contributed by atoms with E-state index in [0.717, 1.165) is 17.3 Å². The van der Waals surface area contributed by atoms with E-state index in [0.29, 0.717) is 17.2 Å². The van der Waals surface area contributed by atoms with Crippen molar-refractivity contribution >= 4 is 23.3 Å². The largest absolute Gasteiger partial charge is 0.324 e. The van der Waals surface area contributed by atoms with Gasteiger partial charge in [0.15, 0.2) is 5.82 Å². The lowest BCUT2D eigenvalue weighted by atomic mass is 9.95. The Kier molecular flexibility index (Phi) is 6.38. The summed E-state index contributed by atoms with van der Waals surface area (Å²) >= 11 is 0. The molecule has 3 aromatic heterocycles. The minimum Gasteiger partial charge on any atom is -0.324 e. The van der Waals surface area contributed by atoms with Crippen molar-refractivity contribution in [3.8, 4) is 11.3 Å². The van der Waals surface area contributed by atoms with E-state index < -0.39 is 11.2 Å². The predicted molar refractivity (Wildman–Crippen MR) is 114 cm³/mol. The first kappa shape index (κ1) is 22.0. The molecule has 0 aliphatic carbocycles. The standard InChI is InChI=1S/C21H24FN7O2/c1-12-9-24-25-11-14(12)16-8-18(29-28-16)27-19(30)6-5-15-17(7-13(22)10-23-15)26-20(31)21(2,3)4/h7-11H,5-6H2,1-4H3,(H,26,31)(H2,27,28,29,30). The average molecular weight is 425 g/mol. The van der Waals surface area contributed by atoms with E-state index in [-0.39, 0.29) is 30.3 Å². The maximum absolute atomic E-state index is 13.6. The number of anilines is 2. The second-order valence-corrected chi connectivity index (χ2v) is 8.15. The van der Waals surface area contributed by atoms with Gasteiger partial charge in [-0.25, -0.2) is 4.39 Å². The van der Waals surface area contributed by atoms with Crippen LogP contribution in [0, 0.1) is 18.2 Å². The molecule has 0 unspecified atom stereocenters. The van der Waals surface area contributed by atoms with Crippen LogP contribution in [0.3, 0.4) is 0 Å². The Labute approximate surface area is 178 Å². The van der Waals surface area contributed by atoms with E-state index in [1.807, 2.05) is 6.92 Å². The molecule has 0 fully saturated rings. The summed E-state index contributed by atoms with van der Waals surface area (Å²) < 4.78 is 13.6. The Morgan fingerprint density at radius 2 is 1.84 bits per heavy atom. The third-order valence-electron chi connectivity index (χ3n) is 4.52. The number of carbonyl (C=O) groups excluding carboxylic acids is 2. The van der Waals surface area contributed by atoms with E-state index in [1.165, 1.54) is 6.07 Å². The molecule has 0 atom stereocenters. The van der Waals surface area contributed by atoms with Crippen molar-refractivity contribution in [3.63, 3.8) is 0 Å². The SMILES string of the molecule is Cc1cnncc1-c1cc(NC(=O)CCc2ncc(F)cc2NC(=O)C(C)(C)C)n[nH]1. The lowest BCUT2D eigenvalue weighted by Gasteiger charge is -2.19. The van der Waals surface area contributed by atoms with E-state index in [1.54, 1.807) is 39.2 Å². The minimum atomic E-state index is -0.651. The highest BCUT2D eigenvalue weighted by atomic mass is 19.1. The Bertz CT molecular complexity index is 1110. The molecule has 3 rings (SSSR count). The summed E-state index contributed by atoms with van der Waals surface area (Å²) in [6.07, 6.45) is 4.61. The summed E-state index contributed by atoms with van der Waals surface area (Å²) in [6.45, 7) is 7.16. The van der Waals surface area contributed by atoms with Gasteiger partial charge in [0.1, 0.15) is 5.82 Å². The molecule has 0 radical (unpaired) electrons. The lowest BCUT2D eigenvalue weighted by molar-refractivity contribution is -0.123. The molecule has 3 aromatic rings. The van der Waals surface area contributed by atoms with Crippen molar-refractivity contribution in [2.75, 3.05) is 10.6 Å². The van der Waals surface area contributed by atoms with E-state index in [2.05, 4.69) is 36.0 Å². The number of halogens is 1. The molecule has 3 heterocycles. The molecule has 0 spiro atoms. The van der Waals surface area contributed by atoms with Gasteiger partial charge in [-0.2, -0.15) is 15.3 Å². The molecule has 162 valence electrons. The first-order chi connectivity index (χ1) is 14.6. The van der Waals surface area contributed by atoms with Crippen LogP contribution in [0.1, 0.15) is 38.4 Å². The molecule has 9 nitrogen and oxygen atoms in total. The Balaban J connectivity index is 1.64. The van der Waals surface area contributed by atoms with Crippen LogP contribution in [0.2, 0.25) is 0 Å². The number of nitrogens with one attached hydrogen (secondary N) is 3. The average Bonchev–Trinajstić information content (AvgIpc) is 3.15. The molecule has 3 N–H and O–H groups in total. The van der Waals surface area contributed by atoms with Gasteiger partial charge in [0.05, 0.1) is 35.7 Å². The van der Waals surface area contributed by atoms with Crippen LogP contribution in [-0.4, -0.2) is 37.2 Å². The Morgan fingerprint density at radius 1 is 1.10 bits per heavy atom. The van der Waals surface area contributed by atoms with Crippen LogP contribution in [0.25, 0.3) is 11.3 Å². The first-order valence-corrected chi connectivity index (χ1v) is 9.72. The lowest BCUT2D eigenvalue weighted by Crippen LogP contribution is -2.28. The summed E-state index contributed by atoms with van der Waals surface area (Å²) in [5, 5.41) is 20.0. The molecule has 10 heteroatoms. The highest BCUT2D eigenvalue weighted by molar-refractivity contribution is 5.95. The van der Waals surface area contributed by atoms with Crippen LogP contribution in [0.15, 0.2) is 30.7 Å². The molecule has 0 aromatic carbocycles. The zero-order chi connectivity index (χ0) is 22.6. The number of carbonyl (C=O) groups is 2. The summed E-state index contributed by atoms with van der Waals surface area (Å²) in [5.41, 5.74) is 2.49. The van der Waals surface area contributed by atoms with Crippen LogP contribution in [-0.2, 0) is 16.0 Å². The van der Waals surface area contributed by atoms with Crippen LogP contribution in [0.4, 0.5) is 15.9 Å². The second kappa shape index (κ2) is 8.99. The van der Waals surface area contributed by atoms with Crippen LogP contribution < -0.4 is 10.6 Å². The molecule has 31 heavy (non-hydrogen) atoms. The van der Waals surface area contributed by atoms with Gasteiger partial charge in [-0.05, 0) is 12.5 Å². The summed E-state index contributed by atoms with van der Waals surface area (Å²) in [4.78, 5) is 28.7. The Hall–Kier alpha value is -3.69. The topological polar surface area (TPSA) is 126 Å². The number of rotatable bonds is 6. The number of pyridine rings is 1. The van der Waals surface area contributed by atoms with Crippen molar-refractivity contribution in [2.45, 2.75) is 40.5 Å². The number of hydrogen-bond acceptors (Lipinski definition) is 6. The smallest absolute Gasteiger partial charge is 0.229 e. The molecular formula is C21H24FN7O2. The number of hydrogen-bond donors (Lipinski definition) is 3. The normalized spacial score (nSPS) is 11.3. The number of amides is 2. The number of H-pyrrole nitrogens is 1. The third-order valence-corrected chi connectivity index (χ3v) is 4.52. The van der Waals surface area contributed by atoms with Gasteiger partial charge in [-0.3, -0.25) is 19.7 Å². The van der Waals surface area contributed by atoms with Gasteiger partial charge in [0.2, 0.25) is 11.8 Å². The first-order valence-electron chi connectivity index (χ1n) is 9.72. The van der Waals surface area contributed by atoms with Gasteiger partial charge in [-0.1, -0.05) is 20.8 Å².